The van der Waals surface area contributed by atoms with Gasteiger partial charge in [-0.15, -0.1) is 0 Å². The van der Waals surface area contributed by atoms with Gasteiger partial charge in [0.05, 0.1) is 21.9 Å². The maximum absolute atomic E-state index is 6.02. The highest BCUT2D eigenvalue weighted by Crippen LogP contribution is 2.28. The van der Waals surface area contributed by atoms with Crippen LogP contribution in [0.1, 0.15) is 31.5 Å². The summed E-state index contributed by atoms with van der Waals surface area (Å²) in [6.45, 7) is 2.74. The zero-order valence-corrected chi connectivity index (χ0v) is 12.3. The number of nitrogens with zero attached hydrogens (tertiary/aromatic N) is 1. The number of nitrogens with one attached hydrogen (secondary N) is 1. The summed E-state index contributed by atoms with van der Waals surface area (Å²) in [7, 11) is 0. The number of aromatic nitrogens is 2. The Balaban J connectivity index is 2.27. The second-order valence-corrected chi connectivity index (χ2v) is 5.35. The monoisotopic (exact) mass is 297 g/mol. The number of aromatic amines is 1. The molecule has 1 atom stereocenters. The van der Waals surface area contributed by atoms with E-state index in [0.717, 1.165) is 29.9 Å². The minimum absolute atomic E-state index is 0.279. The summed E-state index contributed by atoms with van der Waals surface area (Å²) in [6, 6.07) is 5.54. The molecule has 1 aromatic carbocycles. The second-order valence-electron chi connectivity index (χ2n) is 4.53. The van der Waals surface area contributed by atoms with Gasteiger partial charge in [0.2, 0.25) is 0 Å². The summed E-state index contributed by atoms with van der Waals surface area (Å²) in [5.41, 5.74) is 7.69. The van der Waals surface area contributed by atoms with E-state index < -0.39 is 0 Å². The lowest BCUT2D eigenvalue weighted by molar-refractivity contribution is 0.595. The summed E-state index contributed by atoms with van der Waals surface area (Å²) in [6.07, 6.45) is 3.93. The van der Waals surface area contributed by atoms with Gasteiger partial charge < -0.3 is 10.7 Å². The van der Waals surface area contributed by atoms with Crippen LogP contribution >= 0.6 is 23.2 Å². The van der Waals surface area contributed by atoms with Gasteiger partial charge in [-0.3, -0.25) is 0 Å². The van der Waals surface area contributed by atoms with Crippen molar-refractivity contribution >= 4 is 23.2 Å². The number of imidazole rings is 1. The number of benzene rings is 1. The van der Waals surface area contributed by atoms with Crippen LogP contribution in [-0.2, 0) is 0 Å². The van der Waals surface area contributed by atoms with Crippen LogP contribution in [0.5, 0.6) is 0 Å². The first-order valence-corrected chi connectivity index (χ1v) is 7.11. The molecule has 102 valence electrons. The van der Waals surface area contributed by atoms with E-state index in [9.17, 15) is 0 Å². The molecular weight excluding hydrogens is 281 g/mol. The fourth-order valence-electron chi connectivity index (χ4n) is 2.07. The van der Waals surface area contributed by atoms with E-state index in [1.165, 1.54) is 0 Å². The fourth-order valence-corrected chi connectivity index (χ4v) is 2.37. The maximum atomic E-state index is 6.02. The van der Waals surface area contributed by atoms with Crippen molar-refractivity contribution in [2.75, 3.05) is 6.54 Å². The number of nitrogens with two attached hydrogens (primary N) is 1. The van der Waals surface area contributed by atoms with Crippen LogP contribution in [0.2, 0.25) is 10.0 Å². The minimum atomic E-state index is 0.279. The Labute approximate surface area is 123 Å². The molecule has 2 aromatic rings. The van der Waals surface area contributed by atoms with Crippen LogP contribution < -0.4 is 5.73 Å². The van der Waals surface area contributed by atoms with E-state index in [0.29, 0.717) is 16.6 Å². The average Bonchev–Trinajstić information content (AvgIpc) is 2.88. The molecule has 1 unspecified atom stereocenters. The molecule has 0 aliphatic carbocycles. The number of rotatable bonds is 5. The molecule has 0 saturated carbocycles. The molecule has 19 heavy (non-hydrogen) atoms. The molecule has 0 amide bonds. The van der Waals surface area contributed by atoms with E-state index in [1.54, 1.807) is 6.07 Å². The van der Waals surface area contributed by atoms with E-state index in [-0.39, 0.29) is 5.92 Å². The molecule has 1 aromatic heterocycles. The molecule has 2 rings (SSSR count). The number of hydrogen-bond donors (Lipinski definition) is 2. The molecule has 5 heteroatoms. The zero-order chi connectivity index (χ0) is 13.8. The average molecular weight is 298 g/mol. The third kappa shape index (κ3) is 3.30. The van der Waals surface area contributed by atoms with Crippen LogP contribution in [0.3, 0.4) is 0 Å². The molecule has 0 saturated heterocycles. The molecule has 1 heterocycles. The molecule has 0 spiro atoms. The summed E-state index contributed by atoms with van der Waals surface area (Å²) < 4.78 is 0. The predicted octanol–water partition coefficient (Wildman–Crippen LogP) is 4.23. The van der Waals surface area contributed by atoms with Crippen LogP contribution in [0.15, 0.2) is 24.4 Å². The predicted molar refractivity (Wildman–Crippen MR) is 80.7 cm³/mol. The Morgan fingerprint density at radius 1 is 1.32 bits per heavy atom. The van der Waals surface area contributed by atoms with Crippen LogP contribution in [-0.4, -0.2) is 16.5 Å². The van der Waals surface area contributed by atoms with Crippen molar-refractivity contribution in [3.63, 3.8) is 0 Å². The normalized spacial score (nSPS) is 12.6. The topological polar surface area (TPSA) is 54.7 Å². The van der Waals surface area contributed by atoms with Gasteiger partial charge in [-0.1, -0.05) is 42.6 Å². The van der Waals surface area contributed by atoms with Gasteiger partial charge in [-0.2, -0.15) is 0 Å². The summed E-state index contributed by atoms with van der Waals surface area (Å²) in [5, 5.41) is 1.09. The molecule has 0 aliphatic rings. The molecule has 0 fully saturated rings. The highest BCUT2D eigenvalue weighted by Gasteiger charge is 2.13. The highest BCUT2D eigenvalue weighted by molar-refractivity contribution is 6.42. The fraction of sp³-hybridized carbons (Fsp3) is 0.357. The van der Waals surface area contributed by atoms with Crippen molar-refractivity contribution in [2.45, 2.75) is 25.7 Å². The minimum Gasteiger partial charge on any atom is -0.342 e. The van der Waals surface area contributed by atoms with E-state index in [1.807, 2.05) is 18.3 Å². The molecule has 0 bridgehead atoms. The first-order valence-electron chi connectivity index (χ1n) is 6.36. The second kappa shape index (κ2) is 6.42. The Morgan fingerprint density at radius 2 is 2.11 bits per heavy atom. The van der Waals surface area contributed by atoms with Crippen molar-refractivity contribution in [1.82, 2.24) is 9.97 Å². The number of halogens is 2. The van der Waals surface area contributed by atoms with Gasteiger partial charge in [0.15, 0.2) is 0 Å². The van der Waals surface area contributed by atoms with Gasteiger partial charge in [0.25, 0.3) is 0 Å². The Morgan fingerprint density at radius 3 is 2.74 bits per heavy atom. The van der Waals surface area contributed by atoms with Crippen molar-refractivity contribution < 1.29 is 0 Å². The standard InChI is InChI=1S/C14H17Cl2N3/c1-2-3-10(7-17)14-18-8-13(19-14)9-4-5-11(15)12(16)6-9/h4-6,8,10H,2-3,7,17H2,1H3,(H,18,19). The summed E-state index contributed by atoms with van der Waals surface area (Å²) >= 11 is 11.9. The van der Waals surface area contributed by atoms with Gasteiger partial charge >= 0.3 is 0 Å². The molecule has 3 N–H and O–H groups in total. The first kappa shape index (κ1) is 14.4. The van der Waals surface area contributed by atoms with Crippen LogP contribution in [0, 0.1) is 0 Å². The molecule has 0 aliphatic heterocycles. The lowest BCUT2D eigenvalue weighted by Crippen LogP contribution is -2.13. The van der Waals surface area contributed by atoms with Crippen molar-refractivity contribution in [2.24, 2.45) is 5.73 Å². The Bertz CT molecular complexity index is 551. The number of hydrogen-bond acceptors (Lipinski definition) is 2. The van der Waals surface area contributed by atoms with Crippen molar-refractivity contribution in [3.05, 3.63) is 40.3 Å². The molecular formula is C14H17Cl2N3. The van der Waals surface area contributed by atoms with Gasteiger partial charge in [0.1, 0.15) is 5.82 Å². The maximum Gasteiger partial charge on any atom is 0.110 e. The van der Waals surface area contributed by atoms with Crippen molar-refractivity contribution in [1.29, 1.82) is 0 Å². The van der Waals surface area contributed by atoms with E-state index in [2.05, 4.69) is 16.9 Å². The quantitative estimate of drug-likeness (QED) is 0.868. The first-order chi connectivity index (χ1) is 9.15. The largest absolute Gasteiger partial charge is 0.342 e. The highest BCUT2D eigenvalue weighted by atomic mass is 35.5. The lowest BCUT2D eigenvalue weighted by Gasteiger charge is -2.10. The van der Waals surface area contributed by atoms with Crippen LogP contribution in [0.4, 0.5) is 0 Å². The SMILES string of the molecule is CCCC(CN)c1ncc(-c2ccc(Cl)c(Cl)c2)[nH]1. The van der Waals surface area contributed by atoms with Crippen LogP contribution in [0.25, 0.3) is 11.3 Å². The molecule has 0 radical (unpaired) electrons. The number of H-pyrrole nitrogens is 1. The van der Waals surface area contributed by atoms with Gasteiger partial charge in [0, 0.05) is 18.0 Å². The zero-order valence-electron chi connectivity index (χ0n) is 10.8. The summed E-state index contributed by atoms with van der Waals surface area (Å²) in [5.74, 6) is 1.21. The smallest absolute Gasteiger partial charge is 0.110 e. The Kier molecular flexibility index (Phi) is 4.86. The summed E-state index contributed by atoms with van der Waals surface area (Å²) in [4.78, 5) is 7.74. The van der Waals surface area contributed by atoms with Gasteiger partial charge in [-0.25, -0.2) is 4.98 Å². The Hall–Kier alpha value is -1.03. The third-order valence-corrected chi connectivity index (χ3v) is 3.87. The lowest BCUT2D eigenvalue weighted by atomic mass is 10.0. The molecule has 3 nitrogen and oxygen atoms in total. The third-order valence-electron chi connectivity index (χ3n) is 3.13. The van der Waals surface area contributed by atoms with E-state index in [4.69, 9.17) is 28.9 Å². The van der Waals surface area contributed by atoms with Gasteiger partial charge in [-0.05, 0) is 18.6 Å². The van der Waals surface area contributed by atoms with Crippen molar-refractivity contribution in [3.8, 4) is 11.3 Å². The van der Waals surface area contributed by atoms with E-state index >= 15 is 0 Å².